The predicted molar refractivity (Wildman–Crippen MR) is 66.1 cm³/mol. The Hall–Kier alpha value is -2.60. The molecular formula is C14H10N2O. The fraction of sp³-hybridized carbons (Fsp3) is 0. The molecule has 0 atom stereocenters. The van der Waals surface area contributed by atoms with Gasteiger partial charge in [-0.15, -0.1) is 6.42 Å². The number of benzene rings is 1. The van der Waals surface area contributed by atoms with Crippen LogP contribution >= 0.6 is 0 Å². The molecule has 0 aromatic carbocycles. The topological polar surface area (TPSA) is 56.0 Å². The van der Waals surface area contributed by atoms with Gasteiger partial charge in [-0.3, -0.25) is 4.79 Å². The molecule has 0 spiro atoms. The molecule has 17 heavy (non-hydrogen) atoms. The van der Waals surface area contributed by atoms with E-state index in [1.54, 1.807) is 12.1 Å². The van der Waals surface area contributed by atoms with Gasteiger partial charge in [-0.2, -0.15) is 0 Å². The Labute approximate surface area is 99.3 Å². The summed E-state index contributed by atoms with van der Waals surface area (Å²) in [6.07, 6.45) is 6.58. The van der Waals surface area contributed by atoms with Crippen LogP contribution in [0.25, 0.3) is 11.1 Å². The lowest BCUT2D eigenvalue weighted by atomic mass is 10.2. The Morgan fingerprint density at radius 3 is 2.29 bits per heavy atom. The van der Waals surface area contributed by atoms with Crippen molar-refractivity contribution in [1.29, 1.82) is 0 Å². The molecule has 3 nitrogen and oxygen atoms in total. The predicted octanol–water partition coefficient (Wildman–Crippen LogP) is 1.83. The molecule has 1 aromatic heterocycles. The van der Waals surface area contributed by atoms with Crippen LogP contribution in [-0.4, -0.2) is 10.9 Å². The summed E-state index contributed by atoms with van der Waals surface area (Å²) in [4.78, 5) is 14.4. The second-order valence-electron chi connectivity index (χ2n) is 3.49. The first-order valence-corrected chi connectivity index (χ1v) is 5.04. The molecular weight excluding hydrogens is 212 g/mol. The van der Waals surface area contributed by atoms with E-state index in [-0.39, 0.29) is 5.56 Å². The van der Waals surface area contributed by atoms with Crippen molar-refractivity contribution >= 4 is 5.91 Å². The van der Waals surface area contributed by atoms with Crippen LogP contribution in [0.2, 0.25) is 0 Å². The molecule has 0 saturated heterocycles. The van der Waals surface area contributed by atoms with Gasteiger partial charge in [-0.25, -0.2) is 4.98 Å². The van der Waals surface area contributed by atoms with E-state index in [9.17, 15) is 4.79 Å². The lowest BCUT2D eigenvalue weighted by Gasteiger charge is -1.95. The van der Waals surface area contributed by atoms with Gasteiger partial charge in [0.05, 0.1) is 5.56 Å². The molecule has 0 bridgehead atoms. The minimum absolute atomic E-state index is 0.287. The van der Waals surface area contributed by atoms with E-state index in [4.69, 9.17) is 12.2 Å². The molecule has 3 heteroatoms. The van der Waals surface area contributed by atoms with E-state index in [1.165, 1.54) is 17.3 Å². The Morgan fingerprint density at radius 2 is 1.94 bits per heavy atom. The largest absolute Gasteiger partial charge is 0.366 e. The minimum Gasteiger partial charge on any atom is -0.366 e. The van der Waals surface area contributed by atoms with Crippen LogP contribution in [0.5, 0.6) is 0 Å². The smallest absolute Gasteiger partial charge is 0.251 e. The van der Waals surface area contributed by atoms with Gasteiger partial charge in [-0.1, -0.05) is 18.2 Å². The Morgan fingerprint density at radius 1 is 1.24 bits per heavy atom. The molecule has 2 aliphatic carbocycles. The fourth-order valence-electron chi connectivity index (χ4n) is 1.39. The van der Waals surface area contributed by atoms with Crippen LogP contribution in [0, 0.1) is 12.3 Å². The SMILES string of the molecule is C#Cc1ncccc1C(N)=O.c1cc2cc-2c1. The fourth-order valence-corrected chi connectivity index (χ4v) is 1.39. The molecule has 2 aliphatic rings. The molecule has 3 rings (SSSR count). The van der Waals surface area contributed by atoms with Gasteiger partial charge < -0.3 is 5.73 Å². The second kappa shape index (κ2) is 4.50. The van der Waals surface area contributed by atoms with Crippen molar-refractivity contribution in [2.75, 3.05) is 0 Å². The zero-order valence-electron chi connectivity index (χ0n) is 9.05. The van der Waals surface area contributed by atoms with Gasteiger partial charge in [0.1, 0.15) is 5.69 Å². The monoisotopic (exact) mass is 222 g/mol. The molecule has 1 aromatic rings. The first-order valence-electron chi connectivity index (χ1n) is 5.04. The summed E-state index contributed by atoms with van der Waals surface area (Å²) in [5, 5.41) is 0. The van der Waals surface area contributed by atoms with Crippen molar-refractivity contribution in [3.8, 4) is 23.5 Å². The van der Waals surface area contributed by atoms with E-state index in [0.29, 0.717) is 5.69 Å². The molecule has 1 heterocycles. The summed E-state index contributed by atoms with van der Waals surface area (Å²) in [5.74, 6) is 1.72. The number of carbonyl (C=O) groups is 1. The zero-order chi connectivity index (χ0) is 12.3. The molecule has 2 N–H and O–H groups in total. The van der Waals surface area contributed by atoms with Gasteiger partial charge >= 0.3 is 0 Å². The number of pyridine rings is 1. The minimum atomic E-state index is -0.550. The average Bonchev–Trinajstić information content (AvgIpc) is 2.96. The number of rotatable bonds is 1. The molecule has 0 unspecified atom stereocenters. The number of carbonyl (C=O) groups excluding carboxylic acids is 1. The lowest BCUT2D eigenvalue weighted by molar-refractivity contribution is 0.0999. The van der Waals surface area contributed by atoms with E-state index < -0.39 is 5.91 Å². The lowest BCUT2D eigenvalue weighted by Crippen LogP contribution is -2.13. The summed E-state index contributed by atoms with van der Waals surface area (Å²) < 4.78 is 0. The Kier molecular flexibility index (Phi) is 2.89. The highest BCUT2D eigenvalue weighted by atomic mass is 16.1. The third-order valence-corrected chi connectivity index (χ3v) is 2.32. The van der Waals surface area contributed by atoms with Gasteiger partial charge in [0.25, 0.3) is 5.91 Å². The Bertz CT molecular complexity index is 594. The molecule has 0 fully saturated rings. The molecule has 0 aliphatic heterocycles. The maximum absolute atomic E-state index is 10.7. The number of amides is 1. The van der Waals surface area contributed by atoms with Crippen LogP contribution < -0.4 is 5.73 Å². The molecule has 0 radical (unpaired) electrons. The zero-order valence-corrected chi connectivity index (χ0v) is 9.05. The van der Waals surface area contributed by atoms with Crippen molar-refractivity contribution < 1.29 is 4.79 Å². The van der Waals surface area contributed by atoms with Crippen LogP contribution in [-0.2, 0) is 0 Å². The van der Waals surface area contributed by atoms with Crippen molar-refractivity contribution in [2.24, 2.45) is 5.73 Å². The second-order valence-corrected chi connectivity index (χ2v) is 3.49. The maximum atomic E-state index is 10.7. The highest BCUT2D eigenvalue weighted by Gasteiger charge is 2.07. The summed E-state index contributed by atoms with van der Waals surface area (Å²) in [6.45, 7) is 0. The molecule has 82 valence electrons. The van der Waals surface area contributed by atoms with Gasteiger partial charge in [-0.05, 0) is 35.2 Å². The van der Waals surface area contributed by atoms with Gasteiger partial charge in [0, 0.05) is 6.20 Å². The van der Waals surface area contributed by atoms with Crippen LogP contribution in [0.3, 0.4) is 0 Å². The number of fused-ring (bicyclic) bond motifs is 1. The molecule has 0 saturated carbocycles. The number of nitrogens with two attached hydrogens (primary N) is 1. The van der Waals surface area contributed by atoms with Crippen LogP contribution in [0.4, 0.5) is 0 Å². The standard InChI is InChI=1S/C8H6N2O.C6H4/c1-2-7-6(8(9)11)4-3-5-10-7;1-2-5-4-6(5)3-1/h1,3-5H,(H2,9,11);1-4H. The third-order valence-electron chi connectivity index (χ3n) is 2.32. The van der Waals surface area contributed by atoms with E-state index in [1.807, 2.05) is 0 Å². The number of aromatic nitrogens is 1. The molecule has 1 amide bonds. The summed E-state index contributed by atoms with van der Waals surface area (Å²) in [7, 11) is 0. The average molecular weight is 222 g/mol. The first-order chi connectivity index (χ1) is 8.22. The number of primary amides is 1. The normalized spacial score (nSPS) is 9.59. The van der Waals surface area contributed by atoms with Crippen molar-refractivity contribution in [2.45, 2.75) is 0 Å². The number of nitrogens with zero attached hydrogens (tertiary/aromatic N) is 1. The first kappa shape index (κ1) is 10.9. The van der Waals surface area contributed by atoms with Gasteiger partial charge in [0.15, 0.2) is 0 Å². The summed E-state index contributed by atoms with van der Waals surface area (Å²) in [5.41, 5.74) is 8.45. The van der Waals surface area contributed by atoms with Crippen molar-refractivity contribution in [1.82, 2.24) is 4.98 Å². The Balaban J connectivity index is 0.000000148. The third kappa shape index (κ3) is 2.50. The maximum Gasteiger partial charge on any atom is 0.251 e. The van der Waals surface area contributed by atoms with Crippen molar-refractivity contribution in [3.05, 3.63) is 53.9 Å². The number of terminal acetylenes is 1. The summed E-state index contributed by atoms with van der Waals surface area (Å²) in [6, 6.07) is 11.6. The van der Waals surface area contributed by atoms with E-state index >= 15 is 0 Å². The summed E-state index contributed by atoms with van der Waals surface area (Å²) >= 11 is 0. The number of hydrogen-bond acceptors (Lipinski definition) is 2. The number of hydrogen-bond donors (Lipinski definition) is 1. The van der Waals surface area contributed by atoms with E-state index in [0.717, 1.165) is 0 Å². The quantitative estimate of drug-likeness (QED) is 0.638. The highest BCUT2D eigenvalue weighted by Crippen LogP contribution is 2.32. The van der Waals surface area contributed by atoms with Crippen LogP contribution in [0.15, 0.2) is 42.6 Å². The van der Waals surface area contributed by atoms with Crippen molar-refractivity contribution in [3.63, 3.8) is 0 Å². The van der Waals surface area contributed by atoms with Crippen LogP contribution in [0.1, 0.15) is 16.1 Å². The van der Waals surface area contributed by atoms with E-state index in [2.05, 4.69) is 35.2 Å². The van der Waals surface area contributed by atoms with Gasteiger partial charge in [0.2, 0.25) is 0 Å². The highest BCUT2D eigenvalue weighted by molar-refractivity contribution is 5.94.